The first kappa shape index (κ1) is 27.1. The highest BCUT2D eigenvalue weighted by atomic mass is 16.2. The number of amides is 2. The summed E-state index contributed by atoms with van der Waals surface area (Å²) in [6, 6.07) is 25.5. The van der Waals surface area contributed by atoms with Crippen LogP contribution in [0, 0.1) is 0 Å². The fourth-order valence-electron chi connectivity index (χ4n) is 7.74. The zero-order chi connectivity index (χ0) is 30.7. The molecular weight excluding hydrogens is 540 g/mol. The van der Waals surface area contributed by atoms with Crippen molar-refractivity contribution in [2.24, 2.45) is 0 Å². The molecule has 0 aliphatic carbocycles. The molecule has 6 aromatic rings. The molecule has 0 unspecified atom stereocenters. The average Bonchev–Trinajstić information content (AvgIpc) is 3.52. The topological polar surface area (TPSA) is 40.6 Å². The van der Waals surface area contributed by atoms with Gasteiger partial charge < -0.3 is 4.90 Å². The Labute approximate surface area is 258 Å². The third-order valence-corrected chi connectivity index (χ3v) is 9.99. The SMILES string of the molecule is CC(C)(C)c1ccc(C(C)(C)C)c(N2C(=O)c3ccc4c5cccc6c(N7CCCC7)ccc(c7ccc(c3c47)C2=O)c65)c1. The van der Waals surface area contributed by atoms with Crippen molar-refractivity contribution in [3.05, 3.63) is 95.1 Å². The molecule has 2 amide bonds. The predicted octanol–water partition coefficient (Wildman–Crippen LogP) is 9.73. The summed E-state index contributed by atoms with van der Waals surface area (Å²) in [6.07, 6.45) is 2.46. The first-order valence-corrected chi connectivity index (χ1v) is 15.9. The molecule has 0 aromatic heterocycles. The van der Waals surface area contributed by atoms with E-state index in [0.717, 1.165) is 45.8 Å². The molecule has 4 heteroatoms. The number of carbonyl (C=O) groups excluding carboxylic acids is 2. The van der Waals surface area contributed by atoms with Gasteiger partial charge in [-0.3, -0.25) is 9.59 Å². The minimum atomic E-state index is -0.257. The van der Waals surface area contributed by atoms with E-state index >= 15 is 0 Å². The number of hydrogen-bond donors (Lipinski definition) is 0. The number of fused-ring (bicyclic) bond motifs is 2. The Balaban J connectivity index is 1.39. The summed E-state index contributed by atoms with van der Waals surface area (Å²) in [5, 5.41) is 8.85. The fraction of sp³-hybridized carbons (Fsp3) is 0.300. The standard InChI is InChI=1S/C40H38N2O2/c1-39(2,3)23-12-18-31(40(4,5)6)33(22-23)42-37(43)29-15-13-26-24-10-9-11-28-32(41-20-7-8-21-41)19-17-25(34(24)28)27-14-16-30(38(42)44)36(29)35(26)27/h9-19,22H,7-8,20-21H2,1-6H3. The van der Waals surface area contributed by atoms with Gasteiger partial charge in [0.2, 0.25) is 0 Å². The molecule has 44 heavy (non-hydrogen) atoms. The van der Waals surface area contributed by atoms with Crippen molar-refractivity contribution in [2.75, 3.05) is 22.9 Å². The Morgan fingerprint density at radius 2 is 1.11 bits per heavy atom. The summed E-state index contributed by atoms with van der Waals surface area (Å²) in [5.74, 6) is -0.507. The molecule has 6 aromatic carbocycles. The number of rotatable bonds is 2. The average molecular weight is 579 g/mol. The van der Waals surface area contributed by atoms with Gasteiger partial charge in [0.1, 0.15) is 0 Å². The van der Waals surface area contributed by atoms with E-state index in [4.69, 9.17) is 0 Å². The molecule has 0 N–H and O–H groups in total. The van der Waals surface area contributed by atoms with Crippen molar-refractivity contribution in [1.29, 1.82) is 0 Å². The normalized spacial score (nSPS) is 16.0. The Morgan fingerprint density at radius 1 is 0.545 bits per heavy atom. The Bertz CT molecular complexity index is 2120. The van der Waals surface area contributed by atoms with Gasteiger partial charge in [0.05, 0.1) is 5.69 Å². The third-order valence-electron chi connectivity index (χ3n) is 9.99. The molecule has 0 radical (unpaired) electrons. The largest absolute Gasteiger partial charge is 0.371 e. The van der Waals surface area contributed by atoms with Gasteiger partial charge in [-0.25, -0.2) is 4.90 Å². The predicted molar refractivity (Wildman–Crippen MR) is 184 cm³/mol. The molecule has 0 atom stereocenters. The van der Waals surface area contributed by atoms with Gasteiger partial charge >= 0.3 is 0 Å². The molecule has 4 nitrogen and oxygen atoms in total. The highest BCUT2D eigenvalue weighted by Crippen LogP contribution is 2.47. The number of hydrogen-bond acceptors (Lipinski definition) is 3. The Morgan fingerprint density at radius 3 is 1.73 bits per heavy atom. The third kappa shape index (κ3) is 3.70. The lowest BCUT2D eigenvalue weighted by atomic mass is 9.80. The Hall–Kier alpha value is -4.44. The van der Waals surface area contributed by atoms with Crippen LogP contribution >= 0.6 is 0 Å². The summed E-state index contributed by atoms with van der Waals surface area (Å²) in [6.45, 7) is 15.1. The fourth-order valence-corrected chi connectivity index (χ4v) is 7.74. The van der Waals surface area contributed by atoms with E-state index in [1.54, 1.807) is 0 Å². The molecule has 1 fully saturated rings. The lowest BCUT2D eigenvalue weighted by molar-refractivity contribution is 0.0893. The number of anilines is 2. The molecular formula is C40H38N2O2. The maximum absolute atomic E-state index is 14.5. The summed E-state index contributed by atoms with van der Waals surface area (Å²) in [7, 11) is 0. The smallest absolute Gasteiger partial charge is 0.265 e. The second kappa shape index (κ2) is 9.04. The molecule has 0 bridgehead atoms. The minimum absolute atomic E-state index is 0.130. The van der Waals surface area contributed by atoms with Gasteiger partial charge in [0.15, 0.2) is 0 Å². The molecule has 2 heterocycles. The summed E-state index contributed by atoms with van der Waals surface area (Å²) >= 11 is 0. The number of imide groups is 1. The van der Waals surface area contributed by atoms with Crippen molar-refractivity contribution in [3.8, 4) is 0 Å². The first-order valence-electron chi connectivity index (χ1n) is 15.9. The minimum Gasteiger partial charge on any atom is -0.371 e. The van der Waals surface area contributed by atoms with Gasteiger partial charge in [-0.1, -0.05) is 90.1 Å². The van der Waals surface area contributed by atoms with Crippen molar-refractivity contribution in [2.45, 2.75) is 65.2 Å². The van der Waals surface area contributed by atoms with Gasteiger partial charge in [0.25, 0.3) is 11.8 Å². The van der Waals surface area contributed by atoms with E-state index < -0.39 is 0 Å². The van der Waals surface area contributed by atoms with Crippen LogP contribution in [0.5, 0.6) is 0 Å². The van der Waals surface area contributed by atoms with E-state index in [9.17, 15) is 9.59 Å². The Kier molecular flexibility index (Phi) is 5.58. The van der Waals surface area contributed by atoms with E-state index in [1.165, 1.54) is 45.0 Å². The maximum Gasteiger partial charge on any atom is 0.265 e. The van der Waals surface area contributed by atoms with Crippen LogP contribution in [0.1, 0.15) is 86.2 Å². The number of nitrogens with zero attached hydrogens (tertiary/aromatic N) is 2. The van der Waals surface area contributed by atoms with E-state index in [0.29, 0.717) is 16.8 Å². The maximum atomic E-state index is 14.5. The van der Waals surface area contributed by atoms with E-state index in [-0.39, 0.29) is 22.6 Å². The van der Waals surface area contributed by atoms with Crippen LogP contribution in [0.15, 0.2) is 72.8 Å². The molecule has 0 spiro atoms. The molecule has 2 aliphatic rings. The lowest BCUT2D eigenvalue weighted by Crippen LogP contribution is -2.42. The molecule has 1 saturated heterocycles. The van der Waals surface area contributed by atoms with E-state index in [1.807, 2.05) is 12.1 Å². The van der Waals surface area contributed by atoms with Gasteiger partial charge in [-0.15, -0.1) is 0 Å². The van der Waals surface area contributed by atoms with Crippen LogP contribution in [0.2, 0.25) is 0 Å². The highest BCUT2D eigenvalue weighted by molar-refractivity contribution is 6.42. The van der Waals surface area contributed by atoms with Crippen molar-refractivity contribution >= 4 is 66.3 Å². The van der Waals surface area contributed by atoms with Crippen LogP contribution in [-0.4, -0.2) is 24.9 Å². The second-order valence-electron chi connectivity index (χ2n) is 14.8. The molecule has 0 saturated carbocycles. The van der Waals surface area contributed by atoms with Crippen molar-refractivity contribution < 1.29 is 9.59 Å². The van der Waals surface area contributed by atoms with E-state index in [2.05, 4.69) is 107 Å². The number of carbonyl (C=O) groups is 2. The monoisotopic (exact) mass is 578 g/mol. The summed E-state index contributed by atoms with van der Waals surface area (Å²) in [5.41, 5.74) is 4.84. The lowest BCUT2D eigenvalue weighted by Gasteiger charge is -2.34. The second-order valence-corrected chi connectivity index (χ2v) is 14.8. The van der Waals surface area contributed by atoms with Gasteiger partial charge in [0, 0.05) is 40.7 Å². The zero-order valence-corrected chi connectivity index (χ0v) is 26.5. The molecule has 2 aliphatic heterocycles. The van der Waals surface area contributed by atoms with Crippen LogP contribution < -0.4 is 9.80 Å². The van der Waals surface area contributed by atoms with Gasteiger partial charge in [-0.05, 0) is 91.4 Å². The van der Waals surface area contributed by atoms with Crippen molar-refractivity contribution in [3.63, 3.8) is 0 Å². The summed E-state index contributed by atoms with van der Waals surface area (Å²) in [4.78, 5) is 33.0. The van der Waals surface area contributed by atoms with Crippen molar-refractivity contribution in [1.82, 2.24) is 0 Å². The van der Waals surface area contributed by atoms with Crippen LogP contribution in [0.3, 0.4) is 0 Å². The quantitative estimate of drug-likeness (QED) is 0.117. The first-order chi connectivity index (χ1) is 20.9. The van der Waals surface area contributed by atoms with Crippen LogP contribution in [0.4, 0.5) is 11.4 Å². The zero-order valence-electron chi connectivity index (χ0n) is 26.5. The highest BCUT2D eigenvalue weighted by Gasteiger charge is 2.38. The van der Waals surface area contributed by atoms with Crippen LogP contribution in [-0.2, 0) is 10.8 Å². The summed E-state index contributed by atoms with van der Waals surface area (Å²) < 4.78 is 0. The molecule has 8 rings (SSSR count). The van der Waals surface area contributed by atoms with Crippen LogP contribution in [0.25, 0.3) is 43.1 Å². The number of benzene rings is 6. The van der Waals surface area contributed by atoms with Gasteiger partial charge in [-0.2, -0.15) is 0 Å². The molecule has 220 valence electrons.